The average molecular weight is 540 g/mol. The number of ether oxygens (including phenoxy) is 3. The number of carbonyl (C=O) groups is 4. The van der Waals surface area contributed by atoms with Gasteiger partial charge in [0.05, 0.1) is 24.7 Å². The lowest BCUT2D eigenvalue weighted by molar-refractivity contribution is -0.137. The highest BCUT2D eigenvalue weighted by atomic mass is 32.2. The van der Waals surface area contributed by atoms with E-state index in [1.807, 2.05) is 26.0 Å². The van der Waals surface area contributed by atoms with Crippen LogP contribution >= 0.6 is 11.8 Å². The zero-order chi connectivity index (χ0) is 27.1. The lowest BCUT2D eigenvalue weighted by atomic mass is 10.2. The second-order valence-corrected chi connectivity index (χ2v) is 9.60. The van der Waals surface area contributed by atoms with E-state index < -0.39 is 17.1 Å². The van der Waals surface area contributed by atoms with Crippen LogP contribution in [-0.2, 0) is 19.1 Å². The van der Waals surface area contributed by atoms with Gasteiger partial charge in [-0.2, -0.15) is 0 Å². The molecule has 0 atom stereocenters. The van der Waals surface area contributed by atoms with Gasteiger partial charge in [0.15, 0.2) is 18.1 Å². The van der Waals surface area contributed by atoms with Gasteiger partial charge in [-0.25, -0.2) is 0 Å². The van der Waals surface area contributed by atoms with E-state index in [1.54, 1.807) is 41.3 Å². The van der Waals surface area contributed by atoms with Gasteiger partial charge in [0.1, 0.15) is 6.54 Å². The number of amides is 4. The van der Waals surface area contributed by atoms with Gasteiger partial charge >= 0.3 is 0 Å². The fraction of sp³-hybridized carbons (Fsp3) is 0.333. The van der Waals surface area contributed by atoms with Crippen molar-refractivity contribution in [2.75, 3.05) is 51.4 Å². The second kappa shape index (κ2) is 12.6. The van der Waals surface area contributed by atoms with Gasteiger partial charge in [0.25, 0.3) is 17.1 Å². The van der Waals surface area contributed by atoms with E-state index in [4.69, 9.17) is 14.2 Å². The Labute approximate surface area is 224 Å². The van der Waals surface area contributed by atoms with E-state index in [9.17, 15) is 19.2 Å². The van der Waals surface area contributed by atoms with Gasteiger partial charge < -0.3 is 24.4 Å². The Hall–Kier alpha value is -3.83. The monoisotopic (exact) mass is 539 g/mol. The number of hydrogen-bond acceptors (Lipinski definition) is 8. The minimum absolute atomic E-state index is 0.136. The second-order valence-electron chi connectivity index (χ2n) is 8.61. The Morgan fingerprint density at radius 3 is 2.61 bits per heavy atom. The molecule has 0 spiro atoms. The van der Waals surface area contributed by atoms with Crippen molar-refractivity contribution < 1.29 is 33.4 Å². The molecule has 0 radical (unpaired) electrons. The Kier molecular flexibility index (Phi) is 9.03. The molecule has 2 aromatic rings. The maximum atomic E-state index is 12.9. The van der Waals surface area contributed by atoms with Crippen molar-refractivity contribution in [3.05, 3.63) is 58.5 Å². The van der Waals surface area contributed by atoms with Crippen LogP contribution in [0.3, 0.4) is 0 Å². The van der Waals surface area contributed by atoms with Crippen LogP contribution in [0.4, 0.5) is 10.5 Å². The number of hydrogen-bond donors (Lipinski definition) is 1. The smallest absolute Gasteiger partial charge is 0.294 e. The van der Waals surface area contributed by atoms with Crippen LogP contribution in [-0.4, -0.2) is 78.8 Å². The molecular formula is C27H29N3O7S. The summed E-state index contributed by atoms with van der Waals surface area (Å²) < 4.78 is 16.7. The lowest BCUT2D eigenvalue weighted by Gasteiger charge is -2.26. The highest BCUT2D eigenvalue weighted by molar-refractivity contribution is 8.18. The molecule has 200 valence electrons. The minimum atomic E-state index is -0.547. The van der Waals surface area contributed by atoms with Crippen molar-refractivity contribution in [3.63, 3.8) is 0 Å². The van der Waals surface area contributed by atoms with Crippen LogP contribution < -0.4 is 14.8 Å². The number of anilines is 1. The van der Waals surface area contributed by atoms with Crippen molar-refractivity contribution >= 4 is 46.5 Å². The Bertz CT molecular complexity index is 1260. The fourth-order valence-electron chi connectivity index (χ4n) is 3.90. The molecule has 2 fully saturated rings. The van der Waals surface area contributed by atoms with Crippen molar-refractivity contribution in [1.82, 2.24) is 9.80 Å². The van der Waals surface area contributed by atoms with Gasteiger partial charge in [-0.3, -0.25) is 24.1 Å². The molecule has 4 amide bonds. The quantitative estimate of drug-likeness (QED) is 0.483. The number of thioether (sulfide) groups is 1. The summed E-state index contributed by atoms with van der Waals surface area (Å²) in [5, 5.41) is 2.19. The summed E-state index contributed by atoms with van der Waals surface area (Å²) in [6.07, 6.45) is 1.56. The number of rotatable bonds is 9. The van der Waals surface area contributed by atoms with Crippen LogP contribution in [0.1, 0.15) is 18.1 Å². The Morgan fingerprint density at radius 2 is 1.87 bits per heavy atom. The molecule has 2 aromatic carbocycles. The molecule has 2 heterocycles. The largest absolute Gasteiger partial charge is 0.490 e. The Morgan fingerprint density at radius 1 is 1.08 bits per heavy atom. The predicted octanol–water partition coefficient (Wildman–Crippen LogP) is 3.31. The molecule has 0 saturated carbocycles. The van der Waals surface area contributed by atoms with Crippen molar-refractivity contribution in [2.45, 2.75) is 13.8 Å². The first-order chi connectivity index (χ1) is 18.3. The molecule has 4 rings (SSSR count). The van der Waals surface area contributed by atoms with Gasteiger partial charge in [-0.1, -0.05) is 18.2 Å². The molecular weight excluding hydrogens is 510 g/mol. The van der Waals surface area contributed by atoms with Gasteiger partial charge in [-0.05, 0) is 67.1 Å². The molecule has 38 heavy (non-hydrogen) atoms. The molecule has 11 heteroatoms. The lowest BCUT2D eigenvalue weighted by Crippen LogP contribution is -2.43. The van der Waals surface area contributed by atoms with E-state index in [0.29, 0.717) is 55.7 Å². The van der Waals surface area contributed by atoms with Gasteiger partial charge in [0.2, 0.25) is 5.91 Å². The van der Waals surface area contributed by atoms with Crippen LogP contribution in [0.2, 0.25) is 0 Å². The van der Waals surface area contributed by atoms with Crippen LogP contribution in [0, 0.1) is 6.92 Å². The number of nitrogens with one attached hydrogen (secondary N) is 1. The normalized spacial score (nSPS) is 16.6. The van der Waals surface area contributed by atoms with Crippen molar-refractivity contribution in [1.29, 1.82) is 0 Å². The molecule has 0 bridgehead atoms. The zero-order valence-corrected chi connectivity index (χ0v) is 22.0. The number of morpholine rings is 1. The van der Waals surface area contributed by atoms with Crippen LogP contribution in [0.15, 0.2) is 47.4 Å². The molecule has 1 N–H and O–H groups in total. The van der Waals surface area contributed by atoms with E-state index in [1.165, 1.54) is 0 Å². The summed E-state index contributed by atoms with van der Waals surface area (Å²) in [5.74, 6) is -0.348. The van der Waals surface area contributed by atoms with E-state index in [-0.39, 0.29) is 24.0 Å². The highest BCUT2D eigenvalue weighted by Crippen LogP contribution is 2.34. The van der Waals surface area contributed by atoms with Crippen molar-refractivity contribution in [2.24, 2.45) is 0 Å². The third-order valence-electron chi connectivity index (χ3n) is 5.76. The first kappa shape index (κ1) is 27.2. The number of imide groups is 1. The van der Waals surface area contributed by atoms with E-state index in [0.717, 1.165) is 22.2 Å². The summed E-state index contributed by atoms with van der Waals surface area (Å²) in [7, 11) is 0. The molecule has 0 aliphatic carbocycles. The third-order valence-corrected chi connectivity index (χ3v) is 6.66. The van der Waals surface area contributed by atoms with Crippen LogP contribution in [0.5, 0.6) is 11.5 Å². The molecule has 0 aromatic heterocycles. The molecule has 2 saturated heterocycles. The number of benzene rings is 2. The average Bonchev–Trinajstić information content (AvgIpc) is 3.16. The fourth-order valence-corrected chi connectivity index (χ4v) is 4.74. The Balaban J connectivity index is 1.41. The first-order valence-electron chi connectivity index (χ1n) is 12.2. The van der Waals surface area contributed by atoms with E-state index >= 15 is 0 Å². The van der Waals surface area contributed by atoms with Crippen molar-refractivity contribution in [3.8, 4) is 11.5 Å². The summed E-state index contributed by atoms with van der Waals surface area (Å²) in [5.41, 5.74) is 2.17. The molecule has 10 nitrogen and oxygen atoms in total. The summed E-state index contributed by atoms with van der Waals surface area (Å²) in [4.78, 5) is 53.1. The standard InChI is InChI=1S/C27H29N3O7S/c1-3-36-22-14-19(7-8-21(22)37-17-25(32)29-9-11-35-12-10-29)15-23-26(33)30(27(34)38-23)16-24(31)28-20-6-4-5-18(2)13-20/h4-8,13-15H,3,9-12,16-17H2,1-2H3,(H,28,31)/b23-15-. The van der Waals surface area contributed by atoms with E-state index in [2.05, 4.69) is 5.32 Å². The SMILES string of the molecule is CCOc1cc(/C=C2\SC(=O)N(CC(=O)Nc3cccc(C)c3)C2=O)ccc1OCC(=O)N1CCOCC1. The molecule has 0 unspecified atom stereocenters. The molecule has 2 aliphatic rings. The topological polar surface area (TPSA) is 114 Å². The van der Waals surface area contributed by atoms with Gasteiger partial charge in [-0.15, -0.1) is 0 Å². The third kappa shape index (κ3) is 6.93. The highest BCUT2D eigenvalue weighted by Gasteiger charge is 2.36. The minimum Gasteiger partial charge on any atom is -0.490 e. The number of nitrogens with zero attached hydrogens (tertiary/aromatic N) is 2. The molecule has 2 aliphatic heterocycles. The summed E-state index contributed by atoms with van der Waals surface area (Å²) >= 11 is 0.767. The summed E-state index contributed by atoms with van der Waals surface area (Å²) in [6, 6.07) is 12.3. The number of carbonyl (C=O) groups excluding carboxylic acids is 4. The maximum absolute atomic E-state index is 12.9. The zero-order valence-electron chi connectivity index (χ0n) is 21.2. The summed E-state index contributed by atoms with van der Waals surface area (Å²) in [6.45, 7) is 5.64. The maximum Gasteiger partial charge on any atom is 0.294 e. The number of aryl methyl sites for hydroxylation is 1. The predicted molar refractivity (Wildman–Crippen MR) is 143 cm³/mol. The van der Waals surface area contributed by atoms with Crippen LogP contribution in [0.25, 0.3) is 6.08 Å². The van der Waals surface area contributed by atoms with Gasteiger partial charge in [0, 0.05) is 18.8 Å². The first-order valence-corrected chi connectivity index (χ1v) is 13.0.